The Morgan fingerprint density at radius 2 is 2.00 bits per heavy atom. The molecular formula is C16H12BrN3O. The summed E-state index contributed by atoms with van der Waals surface area (Å²) >= 11 is 3.36. The van der Waals surface area contributed by atoms with Crippen LogP contribution in [-0.4, -0.2) is 15.0 Å². The van der Waals surface area contributed by atoms with Gasteiger partial charge >= 0.3 is 0 Å². The number of hydrogen-bond acceptors (Lipinski definition) is 3. The summed E-state index contributed by atoms with van der Waals surface area (Å²) in [6.45, 7) is 0. The predicted molar refractivity (Wildman–Crippen MR) is 85.3 cm³/mol. The molecule has 1 fully saturated rings. The Morgan fingerprint density at radius 3 is 2.81 bits per heavy atom. The Kier molecular flexibility index (Phi) is 2.89. The molecule has 1 saturated carbocycles. The molecule has 1 aliphatic rings. The number of hydrogen-bond donors (Lipinski definition) is 1. The summed E-state index contributed by atoms with van der Waals surface area (Å²) in [5.41, 5.74) is 2.55. The van der Waals surface area contributed by atoms with Crippen LogP contribution in [0.5, 0.6) is 0 Å². The average Bonchev–Trinajstić information content (AvgIpc) is 3.34. The fourth-order valence-electron chi connectivity index (χ4n) is 2.53. The second-order valence-corrected chi connectivity index (χ2v) is 6.06. The van der Waals surface area contributed by atoms with Gasteiger partial charge in [0.25, 0.3) is 5.56 Å². The molecule has 0 saturated heterocycles. The van der Waals surface area contributed by atoms with E-state index < -0.39 is 0 Å². The van der Waals surface area contributed by atoms with Crippen LogP contribution in [0.2, 0.25) is 0 Å². The summed E-state index contributed by atoms with van der Waals surface area (Å²) in [7, 11) is 0. The number of nitrogens with zero attached hydrogens (tertiary/aromatic N) is 2. The minimum Gasteiger partial charge on any atom is -0.306 e. The minimum atomic E-state index is -0.122. The van der Waals surface area contributed by atoms with Crippen LogP contribution in [0.15, 0.2) is 45.8 Å². The number of fused-ring (bicyclic) bond motifs is 1. The zero-order chi connectivity index (χ0) is 14.4. The van der Waals surface area contributed by atoms with Crippen molar-refractivity contribution in [2.24, 2.45) is 0 Å². The van der Waals surface area contributed by atoms with E-state index in [2.05, 4.69) is 30.9 Å². The first kappa shape index (κ1) is 12.7. The topological polar surface area (TPSA) is 58.6 Å². The first-order chi connectivity index (χ1) is 10.2. The Balaban J connectivity index is 1.99. The van der Waals surface area contributed by atoms with E-state index in [4.69, 9.17) is 0 Å². The molecule has 0 unspecified atom stereocenters. The quantitative estimate of drug-likeness (QED) is 0.774. The third-order valence-electron chi connectivity index (χ3n) is 3.76. The number of pyridine rings is 1. The molecule has 21 heavy (non-hydrogen) atoms. The molecule has 0 amide bonds. The molecule has 1 aromatic carbocycles. The van der Waals surface area contributed by atoms with E-state index in [0.29, 0.717) is 16.2 Å². The van der Waals surface area contributed by atoms with Gasteiger partial charge in [-0.15, -0.1) is 0 Å². The zero-order valence-electron chi connectivity index (χ0n) is 11.1. The van der Waals surface area contributed by atoms with E-state index in [1.165, 1.54) is 0 Å². The van der Waals surface area contributed by atoms with Crippen molar-refractivity contribution in [2.75, 3.05) is 0 Å². The van der Waals surface area contributed by atoms with Gasteiger partial charge in [-0.05, 0) is 40.9 Å². The minimum absolute atomic E-state index is 0.122. The molecule has 1 N–H and O–H groups in total. The summed E-state index contributed by atoms with van der Waals surface area (Å²) in [4.78, 5) is 24.0. The van der Waals surface area contributed by atoms with Gasteiger partial charge in [0, 0.05) is 23.1 Å². The summed E-state index contributed by atoms with van der Waals surface area (Å²) in [6.07, 6.45) is 3.95. The van der Waals surface area contributed by atoms with E-state index in [1.54, 1.807) is 6.20 Å². The van der Waals surface area contributed by atoms with Gasteiger partial charge in [-0.2, -0.15) is 0 Å². The van der Waals surface area contributed by atoms with Gasteiger partial charge in [0.15, 0.2) is 0 Å². The zero-order valence-corrected chi connectivity index (χ0v) is 12.7. The molecule has 4 rings (SSSR count). The van der Waals surface area contributed by atoms with Crippen LogP contribution in [0.3, 0.4) is 0 Å². The highest BCUT2D eigenvalue weighted by atomic mass is 79.9. The highest BCUT2D eigenvalue weighted by molar-refractivity contribution is 9.10. The standard InChI is InChI=1S/C16H12BrN3O/c17-13-14(9-5-6-9)19-15(20-16(13)21)11-7-8-18-12-4-2-1-3-10(11)12/h1-4,7-9H,5-6H2,(H,19,20,21). The van der Waals surface area contributed by atoms with Crippen LogP contribution in [-0.2, 0) is 0 Å². The first-order valence-corrected chi connectivity index (χ1v) is 7.67. The van der Waals surface area contributed by atoms with Crippen molar-refractivity contribution in [3.63, 3.8) is 0 Å². The van der Waals surface area contributed by atoms with Crippen molar-refractivity contribution in [3.05, 3.63) is 57.0 Å². The molecule has 3 aromatic rings. The third-order valence-corrected chi connectivity index (χ3v) is 4.52. The molecule has 2 heterocycles. The summed E-state index contributed by atoms with van der Waals surface area (Å²) in [6, 6.07) is 9.76. The lowest BCUT2D eigenvalue weighted by molar-refractivity contribution is 0.961. The van der Waals surface area contributed by atoms with Crippen molar-refractivity contribution >= 4 is 26.8 Å². The molecule has 1 aliphatic carbocycles. The molecule has 0 bridgehead atoms. The number of para-hydroxylation sites is 1. The molecule has 4 nitrogen and oxygen atoms in total. The molecule has 0 radical (unpaired) electrons. The van der Waals surface area contributed by atoms with Crippen LogP contribution in [0, 0.1) is 0 Å². The maximum Gasteiger partial charge on any atom is 0.265 e. The Bertz CT molecular complexity index is 894. The number of nitrogens with one attached hydrogen (secondary N) is 1. The lowest BCUT2D eigenvalue weighted by Crippen LogP contribution is -2.13. The Hall–Kier alpha value is -2.01. The lowest BCUT2D eigenvalue weighted by Gasteiger charge is -2.08. The van der Waals surface area contributed by atoms with E-state index in [-0.39, 0.29) is 5.56 Å². The average molecular weight is 342 g/mol. The maximum atomic E-state index is 12.1. The molecule has 0 spiro atoms. The maximum absolute atomic E-state index is 12.1. The van der Waals surface area contributed by atoms with Gasteiger partial charge < -0.3 is 4.98 Å². The number of rotatable bonds is 2. The number of H-pyrrole nitrogens is 1. The van der Waals surface area contributed by atoms with Gasteiger partial charge in [-0.3, -0.25) is 9.78 Å². The molecule has 104 valence electrons. The van der Waals surface area contributed by atoms with Crippen LogP contribution in [0.1, 0.15) is 24.5 Å². The fourth-order valence-corrected chi connectivity index (χ4v) is 3.04. The number of benzene rings is 1. The smallest absolute Gasteiger partial charge is 0.265 e. The van der Waals surface area contributed by atoms with Gasteiger partial charge in [0.05, 0.1) is 11.2 Å². The van der Waals surface area contributed by atoms with Gasteiger partial charge in [-0.25, -0.2) is 4.98 Å². The van der Waals surface area contributed by atoms with Crippen molar-refractivity contribution in [1.82, 2.24) is 15.0 Å². The Labute approximate surface area is 129 Å². The van der Waals surface area contributed by atoms with Crippen LogP contribution < -0.4 is 5.56 Å². The summed E-state index contributed by atoms with van der Waals surface area (Å²) in [5.74, 6) is 1.03. The fraction of sp³-hybridized carbons (Fsp3) is 0.188. The Morgan fingerprint density at radius 1 is 1.19 bits per heavy atom. The lowest BCUT2D eigenvalue weighted by atomic mass is 10.1. The molecule has 0 aliphatic heterocycles. The second-order valence-electron chi connectivity index (χ2n) is 5.26. The second kappa shape index (κ2) is 4.77. The summed E-state index contributed by atoms with van der Waals surface area (Å²) < 4.78 is 0.562. The van der Waals surface area contributed by atoms with Crippen LogP contribution in [0.25, 0.3) is 22.3 Å². The van der Waals surface area contributed by atoms with Crippen molar-refractivity contribution in [1.29, 1.82) is 0 Å². The molecular weight excluding hydrogens is 330 g/mol. The van der Waals surface area contributed by atoms with Gasteiger partial charge in [-0.1, -0.05) is 18.2 Å². The number of aromatic nitrogens is 3. The van der Waals surface area contributed by atoms with Crippen LogP contribution in [0.4, 0.5) is 0 Å². The molecule has 2 aromatic heterocycles. The molecule has 0 atom stereocenters. The van der Waals surface area contributed by atoms with Crippen molar-refractivity contribution in [2.45, 2.75) is 18.8 Å². The predicted octanol–water partition coefficient (Wildman–Crippen LogP) is 3.63. The third kappa shape index (κ3) is 2.17. The monoisotopic (exact) mass is 341 g/mol. The van der Waals surface area contributed by atoms with Gasteiger partial charge in [0.1, 0.15) is 10.3 Å². The van der Waals surface area contributed by atoms with Crippen molar-refractivity contribution in [3.8, 4) is 11.4 Å². The summed E-state index contributed by atoms with van der Waals surface area (Å²) in [5, 5.41) is 0.993. The number of aromatic amines is 1. The largest absolute Gasteiger partial charge is 0.306 e. The van der Waals surface area contributed by atoms with E-state index >= 15 is 0 Å². The molecule has 5 heteroatoms. The van der Waals surface area contributed by atoms with Crippen molar-refractivity contribution < 1.29 is 0 Å². The van der Waals surface area contributed by atoms with E-state index in [9.17, 15) is 4.79 Å². The highest BCUT2D eigenvalue weighted by Gasteiger charge is 2.29. The normalized spacial score (nSPS) is 14.5. The number of halogens is 1. The van der Waals surface area contributed by atoms with E-state index in [1.807, 2.05) is 30.3 Å². The van der Waals surface area contributed by atoms with Crippen LogP contribution >= 0.6 is 15.9 Å². The highest BCUT2D eigenvalue weighted by Crippen LogP contribution is 2.41. The SMILES string of the molecule is O=c1[nH]c(-c2ccnc3ccccc23)nc(C2CC2)c1Br. The van der Waals surface area contributed by atoms with E-state index in [0.717, 1.165) is 35.0 Å². The first-order valence-electron chi connectivity index (χ1n) is 6.88. The van der Waals surface area contributed by atoms with Gasteiger partial charge in [0.2, 0.25) is 0 Å².